The highest BCUT2D eigenvalue weighted by molar-refractivity contribution is 5.84. The summed E-state index contributed by atoms with van der Waals surface area (Å²) in [5.74, 6) is -0.0990. The zero-order valence-electron chi connectivity index (χ0n) is 14.3. The van der Waals surface area contributed by atoms with E-state index in [9.17, 15) is 14.7 Å². The molecule has 1 N–H and O–H groups in total. The number of carbonyl (C=O) groups is 2. The number of amides is 1. The van der Waals surface area contributed by atoms with E-state index in [1.54, 1.807) is 7.11 Å². The number of hydrogen-bond acceptors (Lipinski definition) is 5. The van der Waals surface area contributed by atoms with Crippen molar-refractivity contribution >= 4 is 11.9 Å². The second kappa shape index (κ2) is 7.74. The standard InChI is InChI=1S/C18H23NO6/c1-23-15-3-2-12-8-13(11-25-16(12)9-15)18(22)19(10-17(20)21)14-4-6-24-7-5-14/h2-3,9,13-14H,4-8,10-11H2,1H3,(H,20,21). The number of carbonyl (C=O) groups excluding carboxylic acids is 1. The summed E-state index contributed by atoms with van der Waals surface area (Å²) in [7, 11) is 1.59. The zero-order chi connectivity index (χ0) is 17.8. The number of carboxylic acid groups (broad SMARTS) is 1. The number of nitrogens with zero attached hydrogens (tertiary/aromatic N) is 1. The van der Waals surface area contributed by atoms with E-state index in [-0.39, 0.29) is 31.0 Å². The molecule has 2 heterocycles. The van der Waals surface area contributed by atoms with Gasteiger partial charge >= 0.3 is 5.97 Å². The lowest BCUT2D eigenvalue weighted by molar-refractivity contribution is -0.150. The highest BCUT2D eigenvalue weighted by Crippen LogP contribution is 2.32. The van der Waals surface area contributed by atoms with Gasteiger partial charge in [0.05, 0.1) is 13.0 Å². The Morgan fingerprint density at radius 3 is 2.76 bits per heavy atom. The number of carboxylic acids is 1. The molecule has 1 aromatic carbocycles. The Hall–Kier alpha value is -2.28. The smallest absolute Gasteiger partial charge is 0.323 e. The number of hydrogen-bond donors (Lipinski definition) is 1. The average molecular weight is 349 g/mol. The van der Waals surface area contributed by atoms with Crippen molar-refractivity contribution in [3.05, 3.63) is 23.8 Å². The summed E-state index contributed by atoms with van der Waals surface area (Å²) in [6.45, 7) is 1.07. The van der Waals surface area contributed by atoms with Gasteiger partial charge in [-0.25, -0.2) is 0 Å². The van der Waals surface area contributed by atoms with Crippen LogP contribution in [0.15, 0.2) is 18.2 Å². The normalized spacial score (nSPS) is 20.3. The molecular formula is C18H23NO6. The van der Waals surface area contributed by atoms with E-state index in [2.05, 4.69) is 0 Å². The molecule has 2 aliphatic heterocycles. The molecule has 0 radical (unpaired) electrons. The Morgan fingerprint density at radius 2 is 2.08 bits per heavy atom. The van der Waals surface area contributed by atoms with Crippen LogP contribution in [0.1, 0.15) is 18.4 Å². The Morgan fingerprint density at radius 1 is 1.32 bits per heavy atom. The molecule has 0 aliphatic carbocycles. The molecule has 0 spiro atoms. The number of fused-ring (bicyclic) bond motifs is 1. The Kier molecular flexibility index (Phi) is 5.43. The first-order valence-corrected chi connectivity index (χ1v) is 8.48. The van der Waals surface area contributed by atoms with Crippen molar-refractivity contribution in [3.8, 4) is 11.5 Å². The van der Waals surface area contributed by atoms with Gasteiger partial charge in [-0.05, 0) is 30.9 Å². The largest absolute Gasteiger partial charge is 0.497 e. The summed E-state index contributed by atoms with van der Waals surface area (Å²) in [4.78, 5) is 25.7. The lowest BCUT2D eigenvalue weighted by Gasteiger charge is -2.36. The third-order valence-electron chi connectivity index (χ3n) is 4.75. The number of aliphatic carboxylic acids is 1. The van der Waals surface area contributed by atoms with Gasteiger partial charge in [0, 0.05) is 25.3 Å². The topological polar surface area (TPSA) is 85.3 Å². The van der Waals surface area contributed by atoms with Crippen LogP contribution in [-0.4, -0.2) is 61.4 Å². The van der Waals surface area contributed by atoms with Crippen molar-refractivity contribution in [2.45, 2.75) is 25.3 Å². The van der Waals surface area contributed by atoms with E-state index >= 15 is 0 Å². The summed E-state index contributed by atoms with van der Waals surface area (Å²) < 4.78 is 16.3. The maximum Gasteiger partial charge on any atom is 0.323 e. The first-order chi connectivity index (χ1) is 12.1. The van der Waals surface area contributed by atoms with E-state index in [0.717, 1.165) is 11.3 Å². The van der Waals surface area contributed by atoms with Gasteiger partial charge in [0.25, 0.3) is 0 Å². The molecule has 1 aromatic rings. The monoisotopic (exact) mass is 349 g/mol. The molecule has 3 rings (SSSR count). The van der Waals surface area contributed by atoms with Gasteiger partial charge in [0.1, 0.15) is 24.7 Å². The minimum atomic E-state index is -0.998. The minimum Gasteiger partial charge on any atom is -0.497 e. The van der Waals surface area contributed by atoms with Crippen LogP contribution in [0.3, 0.4) is 0 Å². The molecule has 25 heavy (non-hydrogen) atoms. The molecule has 1 unspecified atom stereocenters. The van der Waals surface area contributed by atoms with Gasteiger partial charge < -0.3 is 24.2 Å². The zero-order valence-corrected chi connectivity index (χ0v) is 14.3. The molecule has 0 bridgehead atoms. The third kappa shape index (κ3) is 4.04. The van der Waals surface area contributed by atoms with Crippen molar-refractivity contribution in [1.82, 2.24) is 4.90 Å². The first kappa shape index (κ1) is 17.5. The second-order valence-electron chi connectivity index (χ2n) is 6.39. The molecule has 1 saturated heterocycles. The third-order valence-corrected chi connectivity index (χ3v) is 4.75. The van der Waals surface area contributed by atoms with Crippen LogP contribution in [0.2, 0.25) is 0 Å². The van der Waals surface area contributed by atoms with Gasteiger partial charge in [-0.1, -0.05) is 6.07 Å². The molecule has 7 nitrogen and oxygen atoms in total. The van der Waals surface area contributed by atoms with Crippen molar-refractivity contribution < 1.29 is 28.9 Å². The summed E-state index contributed by atoms with van der Waals surface area (Å²) in [5, 5.41) is 9.21. The lowest BCUT2D eigenvalue weighted by atomic mass is 9.94. The van der Waals surface area contributed by atoms with Crippen molar-refractivity contribution in [2.75, 3.05) is 33.5 Å². The van der Waals surface area contributed by atoms with Gasteiger partial charge in [0.15, 0.2) is 0 Å². The molecule has 1 fully saturated rings. The van der Waals surface area contributed by atoms with E-state index < -0.39 is 5.97 Å². The van der Waals surface area contributed by atoms with Crippen LogP contribution < -0.4 is 9.47 Å². The maximum atomic E-state index is 13.0. The first-order valence-electron chi connectivity index (χ1n) is 8.48. The van der Waals surface area contributed by atoms with Crippen LogP contribution in [-0.2, 0) is 20.7 Å². The van der Waals surface area contributed by atoms with Gasteiger partial charge in [-0.15, -0.1) is 0 Å². The fourth-order valence-electron chi connectivity index (χ4n) is 3.40. The van der Waals surface area contributed by atoms with Crippen molar-refractivity contribution in [2.24, 2.45) is 5.92 Å². The van der Waals surface area contributed by atoms with E-state index in [0.29, 0.717) is 38.2 Å². The Bertz CT molecular complexity index is 640. The van der Waals surface area contributed by atoms with Crippen molar-refractivity contribution in [3.63, 3.8) is 0 Å². The number of methoxy groups -OCH3 is 1. The van der Waals surface area contributed by atoms with Crippen LogP contribution in [0.5, 0.6) is 11.5 Å². The fourth-order valence-corrected chi connectivity index (χ4v) is 3.40. The van der Waals surface area contributed by atoms with Crippen molar-refractivity contribution in [1.29, 1.82) is 0 Å². The number of benzene rings is 1. The Labute approximate surface area is 146 Å². The Balaban J connectivity index is 1.74. The quantitative estimate of drug-likeness (QED) is 0.863. The van der Waals surface area contributed by atoms with E-state index in [4.69, 9.17) is 14.2 Å². The van der Waals surface area contributed by atoms with Gasteiger partial charge in [0.2, 0.25) is 5.91 Å². The molecule has 1 atom stereocenters. The van der Waals surface area contributed by atoms with Crippen LogP contribution in [0.25, 0.3) is 0 Å². The molecule has 0 saturated carbocycles. The SMILES string of the molecule is COc1ccc2c(c1)OCC(C(=O)N(CC(=O)O)C1CCOCC1)C2. The predicted octanol–water partition coefficient (Wildman–Crippen LogP) is 1.34. The highest BCUT2D eigenvalue weighted by Gasteiger charge is 2.34. The fraction of sp³-hybridized carbons (Fsp3) is 0.556. The molecule has 136 valence electrons. The van der Waals surface area contributed by atoms with Crippen LogP contribution in [0.4, 0.5) is 0 Å². The summed E-state index contributed by atoms with van der Waals surface area (Å²) in [6, 6.07) is 5.45. The second-order valence-corrected chi connectivity index (χ2v) is 6.39. The van der Waals surface area contributed by atoms with Gasteiger partial charge in [-0.3, -0.25) is 9.59 Å². The minimum absolute atomic E-state index is 0.0883. The van der Waals surface area contributed by atoms with Crippen LogP contribution >= 0.6 is 0 Å². The van der Waals surface area contributed by atoms with Crippen LogP contribution in [0, 0.1) is 5.92 Å². The highest BCUT2D eigenvalue weighted by atomic mass is 16.5. The lowest BCUT2D eigenvalue weighted by Crippen LogP contribution is -2.50. The maximum absolute atomic E-state index is 13.0. The molecule has 2 aliphatic rings. The number of rotatable bonds is 5. The summed E-state index contributed by atoms with van der Waals surface area (Å²) in [6.07, 6.45) is 1.87. The average Bonchev–Trinajstić information content (AvgIpc) is 2.65. The van der Waals surface area contributed by atoms with Gasteiger partial charge in [-0.2, -0.15) is 0 Å². The number of ether oxygens (including phenoxy) is 3. The molecule has 0 aromatic heterocycles. The predicted molar refractivity (Wildman–Crippen MR) is 88.9 cm³/mol. The summed E-state index contributed by atoms with van der Waals surface area (Å²) in [5.41, 5.74) is 0.938. The molecule has 7 heteroatoms. The van der Waals surface area contributed by atoms with E-state index in [1.807, 2.05) is 18.2 Å². The molecule has 1 amide bonds. The van der Waals surface area contributed by atoms with E-state index in [1.165, 1.54) is 4.90 Å². The molecular weight excluding hydrogens is 326 g/mol. The summed E-state index contributed by atoms with van der Waals surface area (Å²) >= 11 is 0.